The Morgan fingerprint density at radius 2 is 1.89 bits per heavy atom. The Hall–Kier alpha value is -1.56. The molecule has 0 aromatic carbocycles. The molecule has 102 valence electrons. The number of carbonyl (C=O) groups excluding carboxylic acids is 1. The number of ether oxygens (including phenoxy) is 1. The van der Waals surface area contributed by atoms with Crippen LogP contribution < -0.4 is 0 Å². The Kier molecular flexibility index (Phi) is 5.64. The van der Waals surface area contributed by atoms with Crippen LogP contribution in [0, 0.1) is 0 Å². The molecule has 0 aromatic heterocycles. The summed E-state index contributed by atoms with van der Waals surface area (Å²) in [6.07, 6.45) is 0.951. The van der Waals surface area contributed by atoms with Gasteiger partial charge in [-0.15, -0.1) is 0 Å². The summed E-state index contributed by atoms with van der Waals surface area (Å²) in [5.74, 6) is -0.919. The normalized spacial score (nSPS) is 17.7. The maximum Gasteiger partial charge on any atom is 0.409 e. The van der Waals surface area contributed by atoms with Gasteiger partial charge >= 0.3 is 12.1 Å². The zero-order chi connectivity index (χ0) is 13.5. The van der Waals surface area contributed by atoms with Crippen LogP contribution >= 0.6 is 0 Å². The van der Waals surface area contributed by atoms with Gasteiger partial charge < -0.3 is 14.7 Å². The highest BCUT2D eigenvalue weighted by atomic mass is 16.6. The van der Waals surface area contributed by atoms with Crippen molar-refractivity contribution < 1.29 is 19.4 Å². The molecule has 0 radical (unpaired) electrons. The van der Waals surface area contributed by atoms with Gasteiger partial charge in [0.1, 0.15) is 0 Å². The first-order valence-corrected chi connectivity index (χ1v) is 6.07. The second-order valence-electron chi connectivity index (χ2n) is 4.29. The first-order chi connectivity index (χ1) is 8.52. The third kappa shape index (κ3) is 4.75. The number of carboxylic acids is 1. The van der Waals surface area contributed by atoms with Gasteiger partial charge in [-0.25, -0.2) is 9.59 Å². The summed E-state index contributed by atoms with van der Waals surface area (Å²) >= 11 is 0. The molecule has 0 unspecified atom stereocenters. The first kappa shape index (κ1) is 14.5. The van der Waals surface area contributed by atoms with Crippen molar-refractivity contribution >= 4 is 12.1 Å². The fraction of sp³-hybridized carbons (Fsp3) is 0.667. The van der Waals surface area contributed by atoms with Crippen LogP contribution in [0.3, 0.4) is 0 Å². The molecule has 0 aromatic rings. The van der Waals surface area contributed by atoms with E-state index < -0.39 is 5.97 Å². The average molecular weight is 256 g/mol. The van der Waals surface area contributed by atoms with Crippen LogP contribution in [0.25, 0.3) is 0 Å². The van der Waals surface area contributed by atoms with Crippen molar-refractivity contribution in [2.75, 3.05) is 39.3 Å². The summed E-state index contributed by atoms with van der Waals surface area (Å²) in [6.45, 7) is 7.33. The molecule has 0 bridgehead atoms. The lowest BCUT2D eigenvalue weighted by atomic mass is 10.2. The molecule has 1 rings (SSSR count). The lowest BCUT2D eigenvalue weighted by molar-refractivity contribution is -0.131. The molecule has 1 amide bonds. The third-order valence-corrected chi connectivity index (χ3v) is 2.74. The minimum atomic E-state index is -0.919. The van der Waals surface area contributed by atoms with Gasteiger partial charge in [0.15, 0.2) is 0 Å². The van der Waals surface area contributed by atoms with E-state index in [-0.39, 0.29) is 6.09 Å². The SMILES string of the molecule is CCOC(=O)N1CCN(CC(C)=CC(=O)O)CC1. The van der Waals surface area contributed by atoms with Crippen molar-refractivity contribution in [1.82, 2.24) is 9.80 Å². The Bertz CT molecular complexity index is 333. The molecule has 1 heterocycles. The molecular weight excluding hydrogens is 236 g/mol. The van der Waals surface area contributed by atoms with Gasteiger partial charge in [-0.3, -0.25) is 4.90 Å². The molecule has 1 aliphatic heterocycles. The quantitative estimate of drug-likeness (QED) is 0.753. The van der Waals surface area contributed by atoms with E-state index in [1.165, 1.54) is 6.08 Å². The molecular formula is C12H20N2O4. The van der Waals surface area contributed by atoms with Gasteiger partial charge in [-0.05, 0) is 13.8 Å². The zero-order valence-corrected chi connectivity index (χ0v) is 10.9. The van der Waals surface area contributed by atoms with Crippen LogP contribution in [-0.4, -0.2) is 66.3 Å². The standard InChI is InChI=1S/C12H20N2O4/c1-3-18-12(17)14-6-4-13(5-7-14)9-10(2)8-11(15)16/h8H,3-7,9H2,1-2H3,(H,15,16). The Labute approximate surface area is 107 Å². The lowest BCUT2D eigenvalue weighted by Gasteiger charge is -2.34. The molecule has 6 nitrogen and oxygen atoms in total. The van der Waals surface area contributed by atoms with Crippen molar-refractivity contribution in [2.45, 2.75) is 13.8 Å². The second-order valence-corrected chi connectivity index (χ2v) is 4.29. The predicted molar refractivity (Wildman–Crippen MR) is 66.4 cm³/mol. The summed E-state index contributed by atoms with van der Waals surface area (Å²) < 4.78 is 4.93. The van der Waals surface area contributed by atoms with Crippen molar-refractivity contribution in [2.24, 2.45) is 0 Å². The third-order valence-electron chi connectivity index (χ3n) is 2.74. The molecule has 0 spiro atoms. The molecule has 18 heavy (non-hydrogen) atoms. The Morgan fingerprint density at radius 1 is 1.28 bits per heavy atom. The van der Waals surface area contributed by atoms with E-state index in [1.807, 2.05) is 0 Å². The summed E-state index contributed by atoms with van der Waals surface area (Å²) in [6, 6.07) is 0. The Morgan fingerprint density at radius 3 is 2.39 bits per heavy atom. The molecule has 6 heteroatoms. The van der Waals surface area contributed by atoms with E-state index in [0.717, 1.165) is 18.7 Å². The predicted octanol–water partition coefficient (Wildman–Crippen LogP) is 0.791. The van der Waals surface area contributed by atoms with Gasteiger partial charge in [0.05, 0.1) is 6.61 Å². The topological polar surface area (TPSA) is 70.1 Å². The highest BCUT2D eigenvalue weighted by Crippen LogP contribution is 2.06. The Balaban J connectivity index is 2.35. The zero-order valence-electron chi connectivity index (χ0n) is 10.9. The number of rotatable bonds is 4. The molecule has 1 N–H and O–H groups in total. The highest BCUT2D eigenvalue weighted by Gasteiger charge is 2.21. The molecule has 0 saturated carbocycles. The minimum Gasteiger partial charge on any atom is -0.478 e. The first-order valence-electron chi connectivity index (χ1n) is 6.07. The van der Waals surface area contributed by atoms with E-state index in [1.54, 1.807) is 18.7 Å². The van der Waals surface area contributed by atoms with E-state index in [9.17, 15) is 9.59 Å². The number of nitrogens with zero attached hydrogens (tertiary/aromatic N) is 2. The minimum absolute atomic E-state index is 0.269. The number of hydrogen-bond donors (Lipinski definition) is 1. The number of hydrogen-bond acceptors (Lipinski definition) is 4. The second kappa shape index (κ2) is 7.00. The number of amides is 1. The highest BCUT2D eigenvalue weighted by molar-refractivity contribution is 5.80. The monoisotopic (exact) mass is 256 g/mol. The van der Waals surface area contributed by atoms with Gasteiger partial charge in [0.25, 0.3) is 0 Å². The van der Waals surface area contributed by atoms with E-state index >= 15 is 0 Å². The summed E-state index contributed by atoms with van der Waals surface area (Å²) in [4.78, 5) is 25.8. The smallest absolute Gasteiger partial charge is 0.409 e. The number of carbonyl (C=O) groups is 2. The molecule has 0 aliphatic carbocycles. The van der Waals surface area contributed by atoms with Crippen LogP contribution in [-0.2, 0) is 9.53 Å². The number of aliphatic carboxylic acids is 1. The van der Waals surface area contributed by atoms with E-state index in [4.69, 9.17) is 9.84 Å². The summed E-state index contributed by atoms with van der Waals surface area (Å²) in [7, 11) is 0. The van der Waals surface area contributed by atoms with Gasteiger partial charge in [0.2, 0.25) is 0 Å². The van der Waals surface area contributed by atoms with E-state index in [0.29, 0.717) is 26.2 Å². The van der Waals surface area contributed by atoms with Gasteiger partial charge in [-0.2, -0.15) is 0 Å². The number of carboxylic acid groups (broad SMARTS) is 1. The van der Waals surface area contributed by atoms with Crippen LogP contribution in [0.1, 0.15) is 13.8 Å². The molecule has 0 atom stereocenters. The van der Waals surface area contributed by atoms with Crippen LogP contribution in [0.5, 0.6) is 0 Å². The summed E-state index contributed by atoms with van der Waals surface area (Å²) in [5.41, 5.74) is 0.812. The van der Waals surface area contributed by atoms with Crippen LogP contribution in [0.4, 0.5) is 4.79 Å². The summed E-state index contributed by atoms with van der Waals surface area (Å²) in [5, 5.41) is 8.62. The molecule has 1 aliphatic rings. The lowest BCUT2D eigenvalue weighted by Crippen LogP contribution is -2.49. The van der Waals surface area contributed by atoms with E-state index in [2.05, 4.69) is 4.90 Å². The average Bonchev–Trinajstić information content (AvgIpc) is 2.29. The fourth-order valence-electron chi connectivity index (χ4n) is 1.91. The van der Waals surface area contributed by atoms with Crippen LogP contribution in [0.2, 0.25) is 0 Å². The van der Waals surface area contributed by atoms with Crippen LogP contribution in [0.15, 0.2) is 11.6 Å². The largest absolute Gasteiger partial charge is 0.478 e. The maximum atomic E-state index is 11.5. The maximum absolute atomic E-state index is 11.5. The fourth-order valence-corrected chi connectivity index (χ4v) is 1.91. The van der Waals surface area contributed by atoms with Crippen molar-refractivity contribution in [3.63, 3.8) is 0 Å². The molecule has 1 saturated heterocycles. The molecule has 1 fully saturated rings. The number of piperazine rings is 1. The van der Waals surface area contributed by atoms with Crippen molar-refractivity contribution in [3.8, 4) is 0 Å². The van der Waals surface area contributed by atoms with Gasteiger partial charge in [-0.1, -0.05) is 5.57 Å². The van der Waals surface area contributed by atoms with Crippen molar-refractivity contribution in [3.05, 3.63) is 11.6 Å². The van der Waals surface area contributed by atoms with Gasteiger partial charge in [0, 0.05) is 38.8 Å². The van der Waals surface area contributed by atoms with Crippen molar-refractivity contribution in [1.29, 1.82) is 0 Å².